The van der Waals surface area contributed by atoms with Gasteiger partial charge in [-0.05, 0) is 75.1 Å². The first-order chi connectivity index (χ1) is 16.8. The Hall–Kier alpha value is -2.35. The summed E-state index contributed by atoms with van der Waals surface area (Å²) >= 11 is 6.48. The van der Waals surface area contributed by atoms with Crippen molar-refractivity contribution in [1.29, 1.82) is 0 Å². The van der Waals surface area contributed by atoms with Gasteiger partial charge in [0.15, 0.2) is 0 Å². The summed E-state index contributed by atoms with van der Waals surface area (Å²) in [5, 5.41) is 25.5. The maximum atomic E-state index is 12.7. The van der Waals surface area contributed by atoms with Crippen molar-refractivity contribution in [3.05, 3.63) is 52.2 Å². The van der Waals surface area contributed by atoms with Gasteiger partial charge in [0.25, 0.3) is 5.91 Å². The van der Waals surface area contributed by atoms with E-state index in [4.69, 9.17) is 21.4 Å². The van der Waals surface area contributed by atoms with Crippen LogP contribution in [0.4, 0.5) is 5.82 Å². The average Bonchev–Trinajstić information content (AvgIpc) is 2.84. The Balaban J connectivity index is 1.59. The Kier molecular flexibility index (Phi) is 10.2. The van der Waals surface area contributed by atoms with Crippen LogP contribution in [0.3, 0.4) is 0 Å². The van der Waals surface area contributed by atoms with Gasteiger partial charge in [-0.25, -0.2) is 4.98 Å². The number of ether oxygens (including phenoxy) is 1. The highest BCUT2D eigenvalue weighted by Gasteiger charge is 2.22. The predicted molar refractivity (Wildman–Crippen MR) is 139 cm³/mol. The molecule has 1 fully saturated rings. The van der Waals surface area contributed by atoms with Crippen molar-refractivity contribution in [3.8, 4) is 5.75 Å². The summed E-state index contributed by atoms with van der Waals surface area (Å²) in [7, 11) is 1.62. The summed E-state index contributed by atoms with van der Waals surface area (Å²) in [5.41, 5.74) is 2.37. The molecular weight excluding hydrogens is 466 g/mol. The monoisotopic (exact) mass is 503 g/mol. The quantitative estimate of drug-likeness (QED) is 0.352. The Morgan fingerprint density at radius 1 is 1.20 bits per heavy atom. The summed E-state index contributed by atoms with van der Waals surface area (Å²) in [6, 6.07) is 7.33. The van der Waals surface area contributed by atoms with Crippen LogP contribution in [0.1, 0.15) is 73.5 Å². The molecule has 0 saturated heterocycles. The van der Waals surface area contributed by atoms with Crippen molar-refractivity contribution in [2.24, 2.45) is 11.8 Å². The van der Waals surface area contributed by atoms with Crippen molar-refractivity contribution in [1.82, 2.24) is 10.3 Å². The molecule has 2 aromatic rings. The molecule has 1 aromatic heterocycles. The summed E-state index contributed by atoms with van der Waals surface area (Å²) in [5.74, 6) is 2.12. The number of carbonyl (C=O) groups is 1. The zero-order valence-corrected chi connectivity index (χ0v) is 21.6. The highest BCUT2D eigenvalue weighted by Crippen LogP contribution is 2.32. The third-order valence-corrected chi connectivity index (χ3v) is 7.09. The van der Waals surface area contributed by atoms with Gasteiger partial charge in [0.1, 0.15) is 11.6 Å². The first-order valence-electron chi connectivity index (χ1n) is 12.5. The molecule has 0 bridgehead atoms. The van der Waals surface area contributed by atoms with Crippen LogP contribution in [0, 0.1) is 11.8 Å². The predicted octanol–water partition coefficient (Wildman–Crippen LogP) is 4.76. The van der Waals surface area contributed by atoms with E-state index >= 15 is 0 Å². The highest BCUT2D eigenvalue weighted by atomic mass is 35.5. The van der Waals surface area contributed by atoms with Crippen LogP contribution in [-0.4, -0.2) is 47.5 Å². The molecule has 4 N–H and O–H groups in total. The molecule has 8 heteroatoms. The zero-order chi connectivity index (χ0) is 25.4. The maximum absolute atomic E-state index is 12.7. The molecule has 2 atom stereocenters. The number of nitrogens with zero attached hydrogens (tertiary/aromatic N) is 1. The van der Waals surface area contributed by atoms with Crippen molar-refractivity contribution in [2.75, 3.05) is 25.6 Å². The fourth-order valence-electron chi connectivity index (χ4n) is 4.79. The van der Waals surface area contributed by atoms with Gasteiger partial charge in [-0.3, -0.25) is 4.79 Å². The lowest BCUT2D eigenvalue weighted by Crippen LogP contribution is -2.31. The molecule has 7 nitrogen and oxygen atoms in total. The summed E-state index contributed by atoms with van der Waals surface area (Å²) in [6.07, 6.45) is 6.91. The topological polar surface area (TPSA) is 104 Å². The molecule has 0 radical (unpaired) electrons. The van der Waals surface area contributed by atoms with Crippen molar-refractivity contribution < 1.29 is 19.7 Å². The Labute approximate surface area is 213 Å². The number of aliphatic hydroxyl groups is 2. The smallest absolute Gasteiger partial charge is 0.252 e. The van der Waals surface area contributed by atoms with E-state index in [9.17, 15) is 9.90 Å². The van der Waals surface area contributed by atoms with E-state index < -0.39 is 6.10 Å². The zero-order valence-electron chi connectivity index (χ0n) is 20.9. The number of methoxy groups -OCH3 is 1. The van der Waals surface area contributed by atoms with E-state index in [0.29, 0.717) is 41.2 Å². The van der Waals surface area contributed by atoms with Gasteiger partial charge in [-0.2, -0.15) is 0 Å². The fraction of sp³-hybridized carbons (Fsp3) is 0.556. The summed E-state index contributed by atoms with van der Waals surface area (Å²) in [4.78, 5) is 17.1. The summed E-state index contributed by atoms with van der Waals surface area (Å²) < 4.78 is 5.52. The molecule has 0 spiro atoms. The Morgan fingerprint density at radius 3 is 2.54 bits per heavy atom. The van der Waals surface area contributed by atoms with Gasteiger partial charge >= 0.3 is 0 Å². The van der Waals surface area contributed by atoms with Crippen LogP contribution >= 0.6 is 11.6 Å². The third kappa shape index (κ3) is 7.82. The number of hydrogen-bond donors (Lipinski definition) is 4. The SMILES string of the molecule is COc1ccc(CC(C)O)cc1C(C)Nc1ncc(C(=O)NCC2CCC(CCO)CC2)cc1Cl. The molecule has 1 aliphatic rings. The van der Waals surface area contributed by atoms with Crippen LogP contribution < -0.4 is 15.4 Å². The molecule has 2 unspecified atom stereocenters. The number of aromatic nitrogens is 1. The minimum absolute atomic E-state index is 0.162. The molecule has 0 aliphatic heterocycles. The number of rotatable bonds is 11. The summed E-state index contributed by atoms with van der Waals surface area (Å²) in [6.45, 7) is 4.64. The molecule has 192 valence electrons. The lowest BCUT2D eigenvalue weighted by Gasteiger charge is -2.28. The third-order valence-electron chi connectivity index (χ3n) is 6.80. The number of pyridine rings is 1. The van der Waals surface area contributed by atoms with Crippen LogP contribution in [0.5, 0.6) is 5.75 Å². The van der Waals surface area contributed by atoms with Gasteiger partial charge in [-0.1, -0.05) is 30.5 Å². The van der Waals surface area contributed by atoms with Gasteiger partial charge < -0.3 is 25.6 Å². The van der Waals surface area contributed by atoms with Crippen LogP contribution in [0.2, 0.25) is 5.02 Å². The van der Waals surface area contributed by atoms with E-state index in [0.717, 1.165) is 49.0 Å². The molecular formula is C27H38ClN3O4. The molecule has 1 saturated carbocycles. The minimum atomic E-state index is -0.435. The first kappa shape index (κ1) is 27.2. The molecule has 1 aliphatic carbocycles. The Morgan fingerprint density at radius 2 is 1.91 bits per heavy atom. The first-order valence-corrected chi connectivity index (χ1v) is 12.8. The van der Waals surface area contributed by atoms with Crippen LogP contribution in [-0.2, 0) is 6.42 Å². The molecule has 35 heavy (non-hydrogen) atoms. The molecule has 3 rings (SSSR count). The number of hydrogen-bond acceptors (Lipinski definition) is 6. The number of anilines is 1. The number of aliphatic hydroxyl groups excluding tert-OH is 2. The van der Waals surface area contributed by atoms with Gasteiger partial charge in [-0.15, -0.1) is 0 Å². The normalized spacial score (nSPS) is 19.6. The Bertz CT molecular complexity index is 977. The van der Waals surface area contributed by atoms with E-state index in [-0.39, 0.29) is 18.6 Å². The van der Waals surface area contributed by atoms with Crippen molar-refractivity contribution >= 4 is 23.3 Å². The number of carbonyl (C=O) groups excluding carboxylic acids is 1. The maximum Gasteiger partial charge on any atom is 0.252 e. The molecule has 1 amide bonds. The fourth-order valence-corrected chi connectivity index (χ4v) is 5.01. The van der Waals surface area contributed by atoms with E-state index in [1.165, 1.54) is 6.20 Å². The van der Waals surface area contributed by atoms with Crippen LogP contribution in [0.25, 0.3) is 0 Å². The van der Waals surface area contributed by atoms with Crippen molar-refractivity contribution in [2.45, 2.75) is 64.5 Å². The largest absolute Gasteiger partial charge is 0.496 e. The van der Waals surface area contributed by atoms with Gasteiger partial charge in [0.05, 0.1) is 29.8 Å². The molecule has 1 aromatic carbocycles. The average molecular weight is 504 g/mol. The lowest BCUT2D eigenvalue weighted by atomic mass is 9.80. The van der Waals surface area contributed by atoms with E-state index in [2.05, 4.69) is 15.6 Å². The minimum Gasteiger partial charge on any atom is -0.496 e. The number of halogens is 1. The molecule has 1 heterocycles. The van der Waals surface area contributed by atoms with E-state index in [1.807, 2.05) is 25.1 Å². The second-order valence-electron chi connectivity index (χ2n) is 9.66. The number of amides is 1. The van der Waals surface area contributed by atoms with Crippen LogP contribution in [0.15, 0.2) is 30.5 Å². The van der Waals surface area contributed by atoms with Gasteiger partial charge in [0, 0.05) is 24.9 Å². The van der Waals surface area contributed by atoms with Crippen molar-refractivity contribution in [3.63, 3.8) is 0 Å². The highest BCUT2D eigenvalue weighted by molar-refractivity contribution is 6.33. The van der Waals surface area contributed by atoms with E-state index in [1.54, 1.807) is 20.1 Å². The second kappa shape index (κ2) is 13.1. The second-order valence-corrected chi connectivity index (χ2v) is 10.1. The standard InChI is InChI=1S/C27H38ClN3O4/c1-17(33)12-21-8-9-25(35-3)23(13-21)18(2)31-26-24(28)14-22(16-29-26)27(34)30-15-20-6-4-19(5-7-20)10-11-32/h8-9,13-14,16-20,32-33H,4-7,10-12,15H2,1-3H3,(H,29,31)(H,30,34). The van der Waals surface area contributed by atoms with Gasteiger partial charge in [0.2, 0.25) is 0 Å². The number of benzene rings is 1. The lowest BCUT2D eigenvalue weighted by molar-refractivity contribution is 0.0940. The number of nitrogens with one attached hydrogen (secondary N) is 2.